The summed E-state index contributed by atoms with van der Waals surface area (Å²) in [6.45, 7) is 0.277. The van der Waals surface area contributed by atoms with Crippen molar-refractivity contribution in [3.05, 3.63) is 23.2 Å². The Kier molecular flexibility index (Phi) is 1.21. The van der Waals surface area contributed by atoms with Gasteiger partial charge in [-0.15, -0.1) is 0 Å². The van der Waals surface area contributed by atoms with Gasteiger partial charge in [-0.3, -0.25) is 0 Å². The van der Waals surface area contributed by atoms with Crippen molar-refractivity contribution in [1.29, 1.82) is 0 Å². The van der Waals surface area contributed by atoms with Crippen molar-refractivity contribution in [1.82, 2.24) is 0 Å². The highest BCUT2D eigenvalue weighted by atomic mass is 35.5. The molecule has 10 heavy (non-hydrogen) atoms. The number of rotatable bonds is 0. The highest BCUT2D eigenvalue weighted by Crippen LogP contribution is 2.37. The van der Waals surface area contributed by atoms with Crippen LogP contribution in [-0.4, -0.2) is 6.79 Å². The van der Waals surface area contributed by atoms with E-state index in [2.05, 4.69) is 0 Å². The minimum Gasteiger partial charge on any atom is -0.454 e. The van der Waals surface area contributed by atoms with Crippen molar-refractivity contribution < 1.29 is 9.47 Å². The van der Waals surface area contributed by atoms with Crippen molar-refractivity contribution in [3.8, 4) is 11.5 Å². The molecule has 2 rings (SSSR count). The Hall–Kier alpha value is -0.890. The van der Waals surface area contributed by atoms with Crippen LogP contribution in [0.4, 0.5) is 0 Å². The molecule has 3 heteroatoms. The molecule has 1 aromatic rings. The van der Waals surface area contributed by atoms with E-state index in [9.17, 15) is 0 Å². The Balaban J connectivity index is 2.59. The van der Waals surface area contributed by atoms with Crippen molar-refractivity contribution in [2.75, 3.05) is 6.79 Å². The summed E-state index contributed by atoms with van der Waals surface area (Å²) in [5.74, 6) is 1.39. The lowest BCUT2D eigenvalue weighted by atomic mass is 10.3. The second kappa shape index (κ2) is 2.06. The van der Waals surface area contributed by atoms with Gasteiger partial charge in [-0.1, -0.05) is 17.7 Å². The van der Waals surface area contributed by atoms with Crippen LogP contribution in [-0.2, 0) is 0 Å². The van der Waals surface area contributed by atoms with Gasteiger partial charge in [-0.25, -0.2) is 0 Å². The van der Waals surface area contributed by atoms with E-state index < -0.39 is 0 Å². The van der Waals surface area contributed by atoms with E-state index in [1.165, 1.54) is 0 Å². The van der Waals surface area contributed by atoms with Gasteiger partial charge in [0.25, 0.3) is 0 Å². The predicted molar refractivity (Wildman–Crippen MR) is 37.6 cm³/mol. The van der Waals surface area contributed by atoms with E-state index in [1.807, 2.05) is 12.1 Å². The predicted octanol–water partition coefficient (Wildman–Crippen LogP) is 2.07. The number of halogens is 1. The van der Waals surface area contributed by atoms with Gasteiger partial charge in [-0.05, 0) is 12.1 Å². The maximum absolute atomic E-state index is 5.76. The van der Waals surface area contributed by atoms with Gasteiger partial charge >= 0.3 is 0 Å². The highest BCUT2D eigenvalue weighted by molar-refractivity contribution is 6.32. The zero-order valence-electron chi connectivity index (χ0n) is 5.13. The van der Waals surface area contributed by atoms with Crippen molar-refractivity contribution >= 4 is 11.6 Å². The average Bonchev–Trinajstić information content (AvgIpc) is 2.36. The molecule has 0 unspecified atom stereocenters. The summed E-state index contributed by atoms with van der Waals surface area (Å²) in [6.07, 6.45) is 0. The third-order valence-corrected chi connectivity index (χ3v) is 1.65. The number of para-hydroxylation sites is 1. The topological polar surface area (TPSA) is 18.5 Å². The maximum Gasteiger partial charge on any atom is 0.231 e. The molecule has 2 nitrogen and oxygen atoms in total. The van der Waals surface area contributed by atoms with E-state index in [4.69, 9.17) is 21.1 Å². The Morgan fingerprint density at radius 3 is 3.00 bits per heavy atom. The van der Waals surface area contributed by atoms with Gasteiger partial charge in [0.15, 0.2) is 11.5 Å². The van der Waals surface area contributed by atoms with Crippen molar-refractivity contribution in [3.63, 3.8) is 0 Å². The second-order valence-electron chi connectivity index (χ2n) is 1.97. The Morgan fingerprint density at radius 2 is 2.20 bits per heavy atom. The second-order valence-corrected chi connectivity index (χ2v) is 2.38. The average molecular weight is 157 g/mol. The molecule has 0 aromatic heterocycles. The van der Waals surface area contributed by atoms with Gasteiger partial charge in [0.2, 0.25) is 6.79 Å². The quantitative estimate of drug-likeness (QED) is 0.573. The molecule has 0 spiro atoms. The van der Waals surface area contributed by atoms with Gasteiger partial charge in [0, 0.05) is 0 Å². The number of hydrogen-bond acceptors (Lipinski definition) is 2. The van der Waals surface area contributed by atoms with Crippen LogP contribution in [0.25, 0.3) is 0 Å². The Morgan fingerprint density at radius 1 is 1.30 bits per heavy atom. The molecule has 52 valence electrons. The van der Waals surface area contributed by atoms with Crippen LogP contribution in [0.15, 0.2) is 18.2 Å². The Labute approximate surface area is 63.3 Å². The Bertz CT molecular complexity index is 260. The van der Waals surface area contributed by atoms with Crippen LogP contribution >= 0.6 is 11.6 Å². The van der Waals surface area contributed by atoms with E-state index in [0.29, 0.717) is 10.8 Å². The van der Waals surface area contributed by atoms with E-state index in [1.54, 1.807) is 6.07 Å². The van der Waals surface area contributed by atoms with E-state index in [-0.39, 0.29) is 6.79 Å². The number of hydrogen-bond donors (Lipinski definition) is 0. The molecule has 0 fully saturated rings. The lowest BCUT2D eigenvalue weighted by molar-refractivity contribution is 0.174. The third-order valence-electron chi connectivity index (χ3n) is 1.35. The van der Waals surface area contributed by atoms with Gasteiger partial charge < -0.3 is 9.47 Å². The minimum absolute atomic E-state index is 0.277. The highest BCUT2D eigenvalue weighted by Gasteiger charge is 2.14. The lowest BCUT2D eigenvalue weighted by Gasteiger charge is -1.94. The molecule has 0 aliphatic carbocycles. The number of fused-ring (bicyclic) bond motifs is 1. The molecule has 0 saturated carbocycles. The SMILES string of the molecule is Clc1cccc2c1OCO2. The normalized spacial score (nSPS) is 13.7. The molecule has 0 N–H and O–H groups in total. The van der Waals surface area contributed by atoms with Gasteiger partial charge in [-0.2, -0.15) is 0 Å². The van der Waals surface area contributed by atoms with Crippen LogP contribution in [0.2, 0.25) is 5.02 Å². The summed E-state index contributed by atoms with van der Waals surface area (Å²) in [6, 6.07) is 5.43. The van der Waals surface area contributed by atoms with Crippen LogP contribution in [0.1, 0.15) is 0 Å². The largest absolute Gasteiger partial charge is 0.454 e. The van der Waals surface area contributed by atoms with Gasteiger partial charge in [0.1, 0.15) is 0 Å². The molecule has 0 radical (unpaired) electrons. The molecule has 1 heterocycles. The molecule has 1 aliphatic heterocycles. The first-order valence-corrected chi connectivity index (χ1v) is 3.30. The smallest absolute Gasteiger partial charge is 0.231 e. The number of benzene rings is 1. The summed E-state index contributed by atoms with van der Waals surface area (Å²) in [7, 11) is 0. The monoisotopic (exact) mass is 156 g/mol. The summed E-state index contributed by atoms with van der Waals surface area (Å²) in [5.41, 5.74) is 0. The molecule has 1 aromatic carbocycles. The molecule has 0 atom stereocenters. The fraction of sp³-hybridized carbons (Fsp3) is 0.143. The molecule has 0 saturated heterocycles. The third kappa shape index (κ3) is 0.727. The van der Waals surface area contributed by atoms with Crippen LogP contribution < -0.4 is 9.47 Å². The van der Waals surface area contributed by atoms with Crippen LogP contribution in [0.5, 0.6) is 11.5 Å². The van der Waals surface area contributed by atoms with Crippen LogP contribution in [0, 0.1) is 0 Å². The van der Waals surface area contributed by atoms with E-state index in [0.717, 1.165) is 5.75 Å². The first kappa shape index (κ1) is 5.86. The zero-order valence-corrected chi connectivity index (χ0v) is 5.89. The molecular weight excluding hydrogens is 152 g/mol. The lowest BCUT2D eigenvalue weighted by Crippen LogP contribution is -1.93. The van der Waals surface area contributed by atoms with Crippen molar-refractivity contribution in [2.45, 2.75) is 0 Å². The molecular formula is C7H5ClO2. The maximum atomic E-state index is 5.76. The molecule has 1 aliphatic rings. The first-order chi connectivity index (χ1) is 4.88. The van der Waals surface area contributed by atoms with E-state index >= 15 is 0 Å². The standard InChI is InChI=1S/C7H5ClO2/c8-5-2-1-3-6-7(5)10-4-9-6/h1-3H,4H2. The van der Waals surface area contributed by atoms with Crippen LogP contribution in [0.3, 0.4) is 0 Å². The zero-order chi connectivity index (χ0) is 6.97. The minimum atomic E-state index is 0.277. The van der Waals surface area contributed by atoms with Crippen molar-refractivity contribution in [2.24, 2.45) is 0 Å². The fourth-order valence-electron chi connectivity index (χ4n) is 0.895. The summed E-state index contributed by atoms with van der Waals surface area (Å²) >= 11 is 5.76. The molecule has 0 bridgehead atoms. The molecule has 0 amide bonds. The summed E-state index contributed by atoms with van der Waals surface area (Å²) in [4.78, 5) is 0. The fourth-order valence-corrected chi connectivity index (χ4v) is 1.12. The summed E-state index contributed by atoms with van der Waals surface area (Å²) < 4.78 is 10.1. The summed E-state index contributed by atoms with van der Waals surface area (Å²) in [5, 5.41) is 0.606. The van der Waals surface area contributed by atoms with Gasteiger partial charge in [0.05, 0.1) is 5.02 Å². The number of ether oxygens (including phenoxy) is 2. The first-order valence-electron chi connectivity index (χ1n) is 2.92.